The average molecular weight is 237 g/mol. The molecule has 1 heterocycles. The van der Waals surface area contributed by atoms with Crippen molar-refractivity contribution in [2.75, 3.05) is 31.5 Å². The third-order valence-electron chi connectivity index (χ3n) is 2.55. The van der Waals surface area contributed by atoms with Crippen molar-refractivity contribution in [2.24, 2.45) is 0 Å². The number of amides is 2. The number of hydrogen-bond donors (Lipinski definition) is 3. The van der Waals surface area contributed by atoms with E-state index in [-0.39, 0.29) is 6.03 Å². The summed E-state index contributed by atoms with van der Waals surface area (Å²) in [5.74, 6) is 0. The predicted molar refractivity (Wildman–Crippen MR) is 67.2 cm³/mol. The maximum absolute atomic E-state index is 11.9. The van der Waals surface area contributed by atoms with Gasteiger partial charge >= 0.3 is 6.03 Å². The molecule has 0 atom stereocenters. The first-order chi connectivity index (χ1) is 7.77. The molecule has 4 nitrogen and oxygen atoms in total. The molecule has 0 unspecified atom stereocenters. The summed E-state index contributed by atoms with van der Waals surface area (Å²) in [6.07, 6.45) is 0. The molecular formula is C11H15N3OS. The van der Waals surface area contributed by atoms with Crippen molar-refractivity contribution < 1.29 is 4.79 Å². The highest BCUT2D eigenvalue weighted by Crippen LogP contribution is 2.18. The minimum Gasteiger partial charge on any atom is -0.322 e. The Labute approximate surface area is 100 Å². The van der Waals surface area contributed by atoms with Gasteiger partial charge in [0.25, 0.3) is 0 Å². The van der Waals surface area contributed by atoms with Gasteiger partial charge in [-0.1, -0.05) is 12.1 Å². The standard InChI is InChI=1S/C11H15N3OS/c15-11(14-7-5-12-6-8-14)13-9-3-1-2-4-10(9)16/h1-4,12,16H,5-8H2,(H,13,15). The number of benzene rings is 1. The number of anilines is 1. The van der Waals surface area contributed by atoms with Crippen molar-refractivity contribution >= 4 is 24.3 Å². The van der Waals surface area contributed by atoms with Crippen LogP contribution >= 0.6 is 12.6 Å². The van der Waals surface area contributed by atoms with E-state index < -0.39 is 0 Å². The van der Waals surface area contributed by atoms with Gasteiger partial charge in [-0.05, 0) is 12.1 Å². The third-order valence-corrected chi connectivity index (χ3v) is 2.94. The first-order valence-corrected chi connectivity index (χ1v) is 5.77. The zero-order valence-electron chi connectivity index (χ0n) is 8.94. The number of thiol groups is 1. The molecule has 1 aromatic rings. The Morgan fingerprint density at radius 2 is 2.00 bits per heavy atom. The van der Waals surface area contributed by atoms with Gasteiger partial charge in [0, 0.05) is 31.1 Å². The normalized spacial score (nSPS) is 15.9. The van der Waals surface area contributed by atoms with Crippen LogP contribution in [0.4, 0.5) is 10.5 Å². The van der Waals surface area contributed by atoms with E-state index >= 15 is 0 Å². The highest BCUT2D eigenvalue weighted by Gasteiger charge is 2.16. The Bertz CT molecular complexity index is 377. The van der Waals surface area contributed by atoms with E-state index in [0.717, 1.165) is 36.8 Å². The van der Waals surface area contributed by atoms with Crippen LogP contribution in [0.5, 0.6) is 0 Å². The van der Waals surface area contributed by atoms with Crippen molar-refractivity contribution in [3.63, 3.8) is 0 Å². The van der Waals surface area contributed by atoms with E-state index in [0.29, 0.717) is 0 Å². The van der Waals surface area contributed by atoms with Crippen molar-refractivity contribution in [3.05, 3.63) is 24.3 Å². The number of nitrogens with one attached hydrogen (secondary N) is 2. The monoisotopic (exact) mass is 237 g/mol. The number of para-hydroxylation sites is 1. The number of nitrogens with zero attached hydrogens (tertiary/aromatic N) is 1. The number of carbonyl (C=O) groups is 1. The van der Waals surface area contributed by atoms with Crippen molar-refractivity contribution in [1.29, 1.82) is 0 Å². The Hall–Kier alpha value is -1.20. The fraction of sp³-hybridized carbons (Fsp3) is 0.364. The molecule has 0 saturated carbocycles. The number of urea groups is 1. The zero-order valence-corrected chi connectivity index (χ0v) is 9.83. The maximum atomic E-state index is 11.9. The maximum Gasteiger partial charge on any atom is 0.321 e. The Morgan fingerprint density at radius 1 is 1.31 bits per heavy atom. The molecule has 2 amide bonds. The molecule has 1 saturated heterocycles. The van der Waals surface area contributed by atoms with Gasteiger partial charge in [-0.3, -0.25) is 0 Å². The van der Waals surface area contributed by atoms with Crippen LogP contribution in [0.2, 0.25) is 0 Å². The first-order valence-electron chi connectivity index (χ1n) is 5.32. The summed E-state index contributed by atoms with van der Waals surface area (Å²) in [7, 11) is 0. The van der Waals surface area contributed by atoms with E-state index in [1.54, 1.807) is 4.90 Å². The Balaban J connectivity index is 1.99. The lowest BCUT2D eigenvalue weighted by Crippen LogP contribution is -2.48. The minimum absolute atomic E-state index is 0.0528. The number of rotatable bonds is 1. The Kier molecular flexibility index (Phi) is 3.69. The SMILES string of the molecule is O=C(Nc1ccccc1S)N1CCNCC1. The summed E-state index contributed by atoms with van der Waals surface area (Å²) >= 11 is 4.29. The van der Waals surface area contributed by atoms with Gasteiger partial charge < -0.3 is 15.5 Å². The van der Waals surface area contributed by atoms with Gasteiger partial charge in [0.15, 0.2) is 0 Å². The largest absolute Gasteiger partial charge is 0.322 e. The molecule has 0 aromatic heterocycles. The van der Waals surface area contributed by atoms with Gasteiger partial charge in [-0.25, -0.2) is 4.79 Å². The smallest absolute Gasteiger partial charge is 0.321 e. The topological polar surface area (TPSA) is 44.4 Å². The summed E-state index contributed by atoms with van der Waals surface area (Å²) in [4.78, 5) is 14.5. The van der Waals surface area contributed by atoms with Crippen molar-refractivity contribution in [1.82, 2.24) is 10.2 Å². The molecule has 2 N–H and O–H groups in total. The fourth-order valence-corrected chi connectivity index (χ4v) is 1.86. The molecule has 0 aliphatic carbocycles. The molecule has 0 radical (unpaired) electrons. The van der Waals surface area contributed by atoms with E-state index in [1.165, 1.54) is 0 Å². The molecular weight excluding hydrogens is 222 g/mol. The van der Waals surface area contributed by atoms with E-state index in [2.05, 4.69) is 23.3 Å². The van der Waals surface area contributed by atoms with E-state index in [1.807, 2.05) is 24.3 Å². The van der Waals surface area contributed by atoms with Crippen LogP contribution in [-0.4, -0.2) is 37.1 Å². The van der Waals surface area contributed by atoms with Crippen LogP contribution in [0.3, 0.4) is 0 Å². The lowest BCUT2D eigenvalue weighted by atomic mass is 10.3. The van der Waals surface area contributed by atoms with Gasteiger partial charge in [-0.2, -0.15) is 0 Å². The van der Waals surface area contributed by atoms with Crippen LogP contribution in [0.25, 0.3) is 0 Å². The number of carbonyl (C=O) groups excluding carboxylic acids is 1. The highest BCUT2D eigenvalue weighted by molar-refractivity contribution is 7.80. The van der Waals surface area contributed by atoms with Gasteiger partial charge in [0.2, 0.25) is 0 Å². The zero-order chi connectivity index (χ0) is 11.4. The number of piperazine rings is 1. The van der Waals surface area contributed by atoms with Gasteiger partial charge in [0.05, 0.1) is 5.69 Å². The lowest BCUT2D eigenvalue weighted by molar-refractivity contribution is 0.204. The summed E-state index contributed by atoms with van der Waals surface area (Å²) in [5, 5.41) is 6.07. The summed E-state index contributed by atoms with van der Waals surface area (Å²) in [5.41, 5.74) is 0.759. The van der Waals surface area contributed by atoms with E-state index in [9.17, 15) is 4.79 Å². The lowest BCUT2D eigenvalue weighted by Gasteiger charge is -2.27. The Morgan fingerprint density at radius 3 is 2.69 bits per heavy atom. The quantitative estimate of drug-likeness (QED) is 0.647. The molecule has 0 spiro atoms. The van der Waals surface area contributed by atoms with Gasteiger partial charge in [0.1, 0.15) is 0 Å². The molecule has 1 aliphatic heterocycles. The van der Waals surface area contributed by atoms with Gasteiger partial charge in [-0.15, -0.1) is 12.6 Å². The molecule has 1 aliphatic rings. The number of hydrogen-bond acceptors (Lipinski definition) is 3. The summed E-state index contributed by atoms with van der Waals surface area (Å²) in [6, 6.07) is 7.43. The van der Waals surface area contributed by atoms with Crippen LogP contribution in [0.1, 0.15) is 0 Å². The summed E-state index contributed by atoms with van der Waals surface area (Å²) in [6.45, 7) is 3.22. The van der Waals surface area contributed by atoms with Crippen LogP contribution < -0.4 is 10.6 Å². The average Bonchev–Trinajstić information content (AvgIpc) is 2.33. The summed E-state index contributed by atoms with van der Waals surface area (Å²) < 4.78 is 0. The molecule has 1 aromatic carbocycles. The molecule has 2 rings (SSSR count). The van der Waals surface area contributed by atoms with Crippen LogP contribution in [0, 0.1) is 0 Å². The molecule has 5 heteroatoms. The molecule has 86 valence electrons. The van der Waals surface area contributed by atoms with E-state index in [4.69, 9.17) is 0 Å². The van der Waals surface area contributed by atoms with Crippen molar-refractivity contribution in [3.8, 4) is 0 Å². The second kappa shape index (κ2) is 5.23. The molecule has 16 heavy (non-hydrogen) atoms. The highest BCUT2D eigenvalue weighted by atomic mass is 32.1. The predicted octanol–water partition coefficient (Wildman–Crippen LogP) is 1.41. The van der Waals surface area contributed by atoms with Crippen LogP contribution in [-0.2, 0) is 0 Å². The molecule has 0 bridgehead atoms. The second-order valence-corrected chi connectivity index (χ2v) is 4.17. The van der Waals surface area contributed by atoms with Crippen LogP contribution in [0.15, 0.2) is 29.2 Å². The van der Waals surface area contributed by atoms with Crippen molar-refractivity contribution in [2.45, 2.75) is 4.90 Å². The first kappa shape index (κ1) is 11.3. The second-order valence-electron chi connectivity index (χ2n) is 3.68. The fourth-order valence-electron chi connectivity index (χ4n) is 1.64. The third kappa shape index (κ3) is 2.68. The molecule has 1 fully saturated rings. The minimum atomic E-state index is -0.0528.